The lowest BCUT2D eigenvalue weighted by Crippen LogP contribution is -2.36. The third-order valence-electron chi connectivity index (χ3n) is 1.39. The lowest BCUT2D eigenvalue weighted by atomic mass is 10.3. The third-order valence-corrected chi connectivity index (χ3v) is 1.39. The summed E-state index contributed by atoms with van der Waals surface area (Å²) in [6.07, 6.45) is 3.24. The number of carbonyl (C=O) groups excluding carboxylic acids is 1. The highest BCUT2D eigenvalue weighted by molar-refractivity contribution is 5.87. The maximum absolute atomic E-state index is 10.8. The van der Waals surface area contributed by atoms with Gasteiger partial charge in [0.2, 0.25) is 5.91 Å². The van der Waals surface area contributed by atoms with E-state index in [1.54, 1.807) is 6.08 Å². The van der Waals surface area contributed by atoms with Crippen molar-refractivity contribution < 1.29 is 4.79 Å². The number of amides is 1. The topological polar surface area (TPSA) is 41.1 Å². The van der Waals surface area contributed by atoms with Gasteiger partial charge < -0.3 is 10.6 Å². The van der Waals surface area contributed by atoms with Gasteiger partial charge in [-0.1, -0.05) is 6.08 Å². The summed E-state index contributed by atoms with van der Waals surface area (Å²) in [5.74, 6) is -0.0328. The first-order valence-electron chi connectivity index (χ1n) is 3.78. The molecule has 2 N–H and O–H groups in total. The number of hydrogen-bond acceptors (Lipinski definition) is 2. The van der Waals surface area contributed by atoms with Crippen LogP contribution < -0.4 is 10.6 Å². The van der Waals surface area contributed by atoms with Crippen molar-refractivity contribution in [1.29, 1.82) is 0 Å². The Balaban J connectivity index is 3.45. The molecule has 1 unspecified atom stereocenters. The van der Waals surface area contributed by atoms with Crippen molar-refractivity contribution in [2.75, 3.05) is 13.6 Å². The van der Waals surface area contributed by atoms with E-state index in [0.717, 1.165) is 0 Å². The molecule has 0 saturated heterocycles. The lowest BCUT2D eigenvalue weighted by Gasteiger charge is -2.09. The monoisotopic (exact) mass is 156 g/mol. The van der Waals surface area contributed by atoms with Crippen LogP contribution in [0.15, 0.2) is 12.2 Å². The molecule has 0 bridgehead atoms. The Kier molecular flexibility index (Phi) is 5.47. The minimum absolute atomic E-state index is 0.0328. The number of likely N-dealkylation sites (N-methyl/N-ethyl adjacent to an activating group) is 1. The molecule has 0 saturated carbocycles. The van der Waals surface area contributed by atoms with Gasteiger partial charge in [-0.3, -0.25) is 4.79 Å². The molecule has 0 heterocycles. The number of carbonyl (C=O) groups is 1. The molecule has 0 rings (SSSR count). The number of hydrogen-bond donors (Lipinski definition) is 2. The smallest absolute Gasteiger partial charge is 0.243 e. The van der Waals surface area contributed by atoms with Crippen molar-refractivity contribution in [3.05, 3.63) is 12.2 Å². The first-order valence-corrected chi connectivity index (χ1v) is 3.78. The molecule has 11 heavy (non-hydrogen) atoms. The molecule has 0 aliphatic rings. The Bertz CT molecular complexity index is 143. The summed E-state index contributed by atoms with van der Waals surface area (Å²) >= 11 is 0. The van der Waals surface area contributed by atoms with Gasteiger partial charge in [-0.15, -0.1) is 0 Å². The summed E-state index contributed by atoms with van der Waals surface area (Å²) in [4.78, 5) is 10.8. The quantitative estimate of drug-likeness (QED) is 0.574. The van der Waals surface area contributed by atoms with E-state index in [1.165, 1.54) is 6.08 Å². The van der Waals surface area contributed by atoms with Crippen LogP contribution in [0.4, 0.5) is 0 Å². The van der Waals surface area contributed by atoms with Gasteiger partial charge in [0, 0.05) is 12.6 Å². The second-order valence-electron chi connectivity index (χ2n) is 2.43. The van der Waals surface area contributed by atoms with Gasteiger partial charge in [-0.05, 0) is 27.0 Å². The van der Waals surface area contributed by atoms with Crippen LogP contribution in [-0.2, 0) is 4.79 Å². The summed E-state index contributed by atoms with van der Waals surface area (Å²) in [6.45, 7) is 4.50. The van der Waals surface area contributed by atoms with Gasteiger partial charge in [0.25, 0.3) is 0 Å². The highest BCUT2D eigenvalue weighted by atomic mass is 16.1. The van der Waals surface area contributed by atoms with Gasteiger partial charge in [0.05, 0.1) is 0 Å². The van der Waals surface area contributed by atoms with Gasteiger partial charge in [-0.25, -0.2) is 0 Å². The fraction of sp³-hybridized carbons (Fsp3) is 0.625. The second-order valence-corrected chi connectivity index (χ2v) is 2.43. The molecule has 1 amide bonds. The second kappa shape index (κ2) is 5.92. The van der Waals surface area contributed by atoms with Gasteiger partial charge >= 0.3 is 0 Å². The van der Waals surface area contributed by atoms with E-state index in [2.05, 4.69) is 10.6 Å². The maximum Gasteiger partial charge on any atom is 0.243 e. The van der Waals surface area contributed by atoms with Crippen molar-refractivity contribution >= 4 is 5.91 Å². The summed E-state index contributed by atoms with van der Waals surface area (Å²) in [5, 5.41) is 5.77. The molecule has 0 aromatic heterocycles. The first kappa shape index (κ1) is 10.2. The van der Waals surface area contributed by atoms with Crippen LogP contribution in [-0.4, -0.2) is 25.5 Å². The maximum atomic E-state index is 10.8. The van der Waals surface area contributed by atoms with E-state index in [1.807, 2.05) is 20.9 Å². The van der Waals surface area contributed by atoms with Crippen LogP contribution >= 0.6 is 0 Å². The fourth-order valence-electron chi connectivity index (χ4n) is 0.566. The van der Waals surface area contributed by atoms with E-state index in [-0.39, 0.29) is 5.91 Å². The molecule has 0 aromatic rings. The number of nitrogens with one attached hydrogen (secondary N) is 2. The first-order chi connectivity index (χ1) is 5.20. The van der Waals surface area contributed by atoms with Crippen molar-refractivity contribution in [2.45, 2.75) is 19.9 Å². The summed E-state index contributed by atoms with van der Waals surface area (Å²) in [6, 6.07) is 0.323. The summed E-state index contributed by atoms with van der Waals surface area (Å²) in [5.41, 5.74) is 0. The highest BCUT2D eigenvalue weighted by Gasteiger charge is 1.98. The summed E-state index contributed by atoms with van der Waals surface area (Å²) in [7, 11) is 1.87. The van der Waals surface area contributed by atoms with E-state index < -0.39 is 0 Å². The molecule has 0 aromatic carbocycles. The normalized spacial score (nSPS) is 13.4. The van der Waals surface area contributed by atoms with E-state index >= 15 is 0 Å². The van der Waals surface area contributed by atoms with Crippen LogP contribution in [0, 0.1) is 0 Å². The molecule has 0 spiro atoms. The van der Waals surface area contributed by atoms with Crippen LogP contribution in [0.5, 0.6) is 0 Å². The fourth-order valence-corrected chi connectivity index (χ4v) is 0.566. The van der Waals surface area contributed by atoms with Crippen LogP contribution in [0.3, 0.4) is 0 Å². The number of allylic oxidation sites excluding steroid dienone is 1. The van der Waals surface area contributed by atoms with Crippen molar-refractivity contribution in [2.24, 2.45) is 0 Å². The van der Waals surface area contributed by atoms with Crippen LogP contribution in [0.2, 0.25) is 0 Å². The molecule has 0 aliphatic carbocycles. The SMILES string of the molecule is C/C=C/C(=O)NCC(C)NC. The van der Waals surface area contributed by atoms with Gasteiger partial charge in [0.15, 0.2) is 0 Å². The molecule has 0 fully saturated rings. The minimum atomic E-state index is -0.0328. The van der Waals surface area contributed by atoms with Gasteiger partial charge in [-0.2, -0.15) is 0 Å². The van der Waals surface area contributed by atoms with E-state index in [0.29, 0.717) is 12.6 Å². The predicted molar refractivity (Wildman–Crippen MR) is 46.3 cm³/mol. The molecule has 0 radical (unpaired) electrons. The summed E-state index contributed by atoms with van der Waals surface area (Å²) < 4.78 is 0. The van der Waals surface area contributed by atoms with Crippen molar-refractivity contribution in [3.63, 3.8) is 0 Å². The largest absolute Gasteiger partial charge is 0.351 e. The van der Waals surface area contributed by atoms with E-state index in [4.69, 9.17) is 0 Å². The molecule has 0 aliphatic heterocycles. The molecular formula is C8H16N2O. The zero-order valence-electron chi connectivity index (χ0n) is 7.35. The zero-order chi connectivity index (χ0) is 8.69. The molecule has 3 nitrogen and oxygen atoms in total. The Morgan fingerprint density at radius 1 is 1.64 bits per heavy atom. The van der Waals surface area contributed by atoms with Crippen LogP contribution in [0.1, 0.15) is 13.8 Å². The molecular weight excluding hydrogens is 140 g/mol. The van der Waals surface area contributed by atoms with Crippen molar-refractivity contribution in [1.82, 2.24) is 10.6 Å². The molecule has 3 heteroatoms. The predicted octanol–water partition coefficient (Wildman–Crippen LogP) is 0.287. The molecule has 64 valence electrons. The average molecular weight is 156 g/mol. The third kappa shape index (κ3) is 5.61. The number of rotatable bonds is 4. The Hall–Kier alpha value is -0.830. The Morgan fingerprint density at radius 2 is 2.27 bits per heavy atom. The van der Waals surface area contributed by atoms with E-state index in [9.17, 15) is 4.79 Å². The standard InChI is InChI=1S/C8H16N2O/c1-4-5-8(11)10-6-7(2)9-3/h4-5,7,9H,6H2,1-3H3,(H,10,11)/b5-4+. The zero-order valence-corrected chi connectivity index (χ0v) is 7.35. The average Bonchev–Trinajstić information content (AvgIpc) is 2.01. The van der Waals surface area contributed by atoms with Crippen LogP contribution in [0.25, 0.3) is 0 Å². The van der Waals surface area contributed by atoms with Gasteiger partial charge in [0.1, 0.15) is 0 Å². The molecule has 1 atom stereocenters. The minimum Gasteiger partial charge on any atom is -0.351 e. The Morgan fingerprint density at radius 3 is 2.73 bits per heavy atom. The highest BCUT2D eigenvalue weighted by Crippen LogP contribution is 1.77. The lowest BCUT2D eigenvalue weighted by molar-refractivity contribution is -0.116. The Labute approximate surface area is 67.9 Å². The van der Waals surface area contributed by atoms with Crippen molar-refractivity contribution in [3.8, 4) is 0 Å².